The van der Waals surface area contributed by atoms with Crippen molar-refractivity contribution >= 4 is 47.3 Å². The van der Waals surface area contributed by atoms with Crippen molar-refractivity contribution in [3.63, 3.8) is 0 Å². The Bertz CT molecular complexity index is 1840. The molecular formula is C45H45P2+. The fraction of sp³-hybridized carbons (Fsp3) is 0.222. The van der Waals surface area contributed by atoms with E-state index in [0.29, 0.717) is 5.92 Å². The van der Waals surface area contributed by atoms with Gasteiger partial charge in [-0.2, -0.15) is 0 Å². The van der Waals surface area contributed by atoms with E-state index in [1.165, 1.54) is 33.2 Å². The van der Waals surface area contributed by atoms with Crippen molar-refractivity contribution in [3.8, 4) is 0 Å². The molecule has 0 fully saturated rings. The molecule has 0 nitrogen and oxygen atoms in total. The highest BCUT2D eigenvalue weighted by molar-refractivity contribution is 7.80. The van der Waals surface area contributed by atoms with Crippen LogP contribution in [0.2, 0.25) is 0 Å². The molecule has 0 aromatic heterocycles. The molecule has 0 aliphatic heterocycles. The van der Waals surface area contributed by atoms with Gasteiger partial charge in [0.2, 0.25) is 0 Å². The van der Waals surface area contributed by atoms with Gasteiger partial charge in [0.25, 0.3) is 0 Å². The Kier molecular flexibility index (Phi) is 9.54. The predicted molar refractivity (Wildman–Crippen MR) is 210 cm³/mol. The van der Waals surface area contributed by atoms with Crippen LogP contribution < -0.4 is 26.5 Å². The molecule has 0 saturated heterocycles. The van der Waals surface area contributed by atoms with Crippen LogP contribution in [0.3, 0.4) is 0 Å². The van der Waals surface area contributed by atoms with Crippen molar-refractivity contribution in [1.82, 2.24) is 0 Å². The Morgan fingerprint density at radius 1 is 0.681 bits per heavy atom. The Morgan fingerprint density at radius 3 is 1.77 bits per heavy atom. The SMILES string of the molecule is CCC1=C(C2(CC)c3c(cccc3P(c3ccccc3)c3ccccc3)CCC2C)C(=[P+](c2ccccc2)c2ccccc2)CC=C1. The van der Waals surface area contributed by atoms with Gasteiger partial charge in [0.15, 0.2) is 18.2 Å². The summed E-state index contributed by atoms with van der Waals surface area (Å²) in [6, 6.07) is 52.7. The summed E-state index contributed by atoms with van der Waals surface area (Å²) in [6.45, 7) is 7.43. The topological polar surface area (TPSA) is 0 Å². The predicted octanol–water partition coefficient (Wildman–Crippen LogP) is 9.65. The zero-order chi connectivity index (χ0) is 32.2. The molecule has 5 aromatic rings. The summed E-state index contributed by atoms with van der Waals surface area (Å²) >= 11 is 0. The van der Waals surface area contributed by atoms with Gasteiger partial charge in [0.05, 0.1) is 0 Å². The van der Waals surface area contributed by atoms with Crippen LogP contribution >= 0.6 is 15.5 Å². The van der Waals surface area contributed by atoms with Gasteiger partial charge >= 0.3 is 0 Å². The molecule has 0 radical (unpaired) electrons. The monoisotopic (exact) mass is 647 g/mol. The second kappa shape index (κ2) is 14.1. The van der Waals surface area contributed by atoms with Crippen molar-refractivity contribution in [1.29, 1.82) is 0 Å². The van der Waals surface area contributed by atoms with Gasteiger partial charge in [-0.1, -0.05) is 148 Å². The summed E-state index contributed by atoms with van der Waals surface area (Å²) in [4.78, 5) is 0. The third-order valence-corrected chi connectivity index (χ3v) is 15.5. The number of hydrogen-bond donors (Lipinski definition) is 0. The lowest BCUT2D eigenvalue weighted by atomic mass is 9.56. The zero-order valence-corrected chi connectivity index (χ0v) is 29.7. The number of fused-ring (bicyclic) bond motifs is 1. The van der Waals surface area contributed by atoms with E-state index in [4.69, 9.17) is 0 Å². The minimum atomic E-state index is -0.745. The van der Waals surface area contributed by atoms with Gasteiger partial charge < -0.3 is 0 Å². The average molecular weight is 648 g/mol. The Balaban J connectivity index is 1.58. The van der Waals surface area contributed by atoms with E-state index in [-0.39, 0.29) is 5.41 Å². The van der Waals surface area contributed by atoms with E-state index in [9.17, 15) is 0 Å². The second-order valence-corrected chi connectivity index (χ2v) is 17.3. The molecule has 2 atom stereocenters. The summed E-state index contributed by atoms with van der Waals surface area (Å²) in [5.41, 5.74) is 6.29. The van der Waals surface area contributed by atoms with Gasteiger partial charge in [-0.25, -0.2) is 0 Å². The summed E-state index contributed by atoms with van der Waals surface area (Å²) in [5, 5.41) is 8.95. The molecule has 47 heavy (non-hydrogen) atoms. The molecule has 0 amide bonds. The van der Waals surface area contributed by atoms with Crippen molar-refractivity contribution < 1.29 is 0 Å². The Labute approximate surface area is 284 Å². The molecule has 2 heteroatoms. The molecule has 5 aromatic carbocycles. The van der Waals surface area contributed by atoms with E-state index >= 15 is 0 Å². The number of allylic oxidation sites excluding steroid dienone is 4. The summed E-state index contributed by atoms with van der Waals surface area (Å²) in [5.74, 6) is 0.519. The lowest BCUT2D eigenvalue weighted by Gasteiger charge is -2.48. The van der Waals surface area contributed by atoms with Gasteiger partial charge in [-0.05, 0) is 96.4 Å². The highest BCUT2D eigenvalue weighted by atomic mass is 31.1. The molecular weight excluding hydrogens is 602 g/mol. The quantitative estimate of drug-likeness (QED) is 0.147. The normalized spacial score (nSPS) is 19.1. The van der Waals surface area contributed by atoms with Crippen LogP contribution in [-0.2, 0) is 11.8 Å². The largest absolute Gasteiger partial charge is 0.173 e. The van der Waals surface area contributed by atoms with Gasteiger partial charge in [0.1, 0.15) is 5.29 Å². The van der Waals surface area contributed by atoms with Crippen molar-refractivity contribution in [3.05, 3.63) is 174 Å². The van der Waals surface area contributed by atoms with E-state index < -0.39 is 15.5 Å². The molecule has 2 unspecified atom stereocenters. The Morgan fingerprint density at radius 2 is 1.23 bits per heavy atom. The second-order valence-electron chi connectivity index (χ2n) is 12.9. The maximum Gasteiger partial charge on any atom is 0.173 e. The fourth-order valence-corrected chi connectivity index (χ4v) is 13.7. The van der Waals surface area contributed by atoms with Crippen molar-refractivity contribution in [2.24, 2.45) is 5.92 Å². The van der Waals surface area contributed by atoms with E-state index in [0.717, 1.165) is 25.7 Å². The fourth-order valence-electron chi connectivity index (χ4n) is 8.36. The lowest BCUT2D eigenvalue weighted by Crippen LogP contribution is -2.47. The van der Waals surface area contributed by atoms with Crippen LogP contribution in [0.25, 0.3) is 0 Å². The van der Waals surface area contributed by atoms with E-state index in [1.54, 1.807) is 27.3 Å². The van der Waals surface area contributed by atoms with Crippen LogP contribution in [0.5, 0.6) is 0 Å². The average Bonchev–Trinajstić information content (AvgIpc) is 3.14. The summed E-state index contributed by atoms with van der Waals surface area (Å²) < 4.78 is 0. The van der Waals surface area contributed by atoms with Crippen LogP contribution in [0.1, 0.15) is 57.6 Å². The molecule has 0 bridgehead atoms. The smallest absolute Gasteiger partial charge is 0.0760 e. The maximum absolute atomic E-state index is 2.57. The molecule has 0 spiro atoms. The van der Waals surface area contributed by atoms with E-state index in [1.807, 2.05) is 0 Å². The first kappa shape index (κ1) is 31.8. The third kappa shape index (κ3) is 5.82. The van der Waals surface area contributed by atoms with E-state index in [2.05, 4.69) is 172 Å². The number of aryl methyl sites for hydroxylation is 1. The minimum absolute atomic E-state index is 0.0795. The first-order valence-corrected chi connectivity index (χ1v) is 20.0. The highest BCUT2D eigenvalue weighted by Gasteiger charge is 2.50. The number of benzene rings is 5. The van der Waals surface area contributed by atoms with Crippen LogP contribution in [0.4, 0.5) is 0 Å². The van der Waals surface area contributed by atoms with Gasteiger partial charge in [-0.15, -0.1) is 0 Å². The maximum atomic E-state index is 2.57. The van der Waals surface area contributed by atoms with Crippen LogP contribution in [0.15, 0.2) is 163 Å². The number of rotatable bonds is 8. The Hall–Kier alpha value is -3.82. The highest BCUT2D eigenvalue weighted by Crippen LogP contribution is 2.55. The molecule has 2 aliphatic carbocycles. The summed E-state index contributed by atoms with van der Waals surface area (Å²) in [7, 11) is -1.46. The van der Waals surface area contributed by atoms with Crippen LogP contribution in [-0.4, -0.2) is 5.29 Å². The standard InChI is InChI=1S/C45H45P2/c1-4-35-20-18-30-41(46(37-22-10-6-11-23-37)38-24-12-7-13-25-38)43(35)45(5-2)34(3)32-33-36-21-19-31-42(44(36)45)47(39-26-14-8-15-27-39)40-28-16-9-17-29-40/h6-29,31,34H,4-5,30,32-33H2,1-3H3/q+1. The molecule has 234 valence electrons. The lowest BCUT2D eigenvalue weighted by molar-refractivity contribution is 0.296. The van der Waals surface area contributed by atoms with Crippen LogP contribution in [0, 0.1) is 5.92 Å². The third-order valence-electron chi connectivity index (χ3n) is 10.5. The summed E-state index contributed by atoms with van der Waals surface area (Å²) in [6.07, 6.45) is 10.4. The van der Waals surface area contributed by atoms with Crippen molar-refractivity contribution in [2.75, 3.05) is 0 Å². The molecule has 2 aliphatic rings. The molecule has 0 saturated carbocycles. The first-order chi connectivity index (χ1) is 23.2. The molecule has 0 heterocycles. The molecule has 0 N–H and O–H groups in total. The first-order valence-electron chi connectivity index (χ1n) is 17.4. The van der Waals surface area contributed by atoms with Gasteiger partial charge in [0, 0.05) is 17.4 Å². The van der Waals surface area contributed by atoms with Gasteiger partial charge in [-0.3, -0.25) is 0 Å². The minimum Gasteiger partial charge on any atom is -0.0760 e. The zero-order valence-electron chi connectivity index (χ0n) is 27.9. The molecule has 7 rings (SSSR count). The van der Waals surface area contributed by atoms with Crippen molar-refractivity contribution in [2.45, 2.75) is 58.3 Å². The number of hydrogen-bond acceptors (Lipinski definition) is 0.